The van der Waals surface area contributed by atoms with Crippen LogP contribution in [0.3, 0.4) is 0 Å². The quantitative estimate of drug-likeness (QED) is 0.429. The molecule has 0 aliphatic heterocycles. The zero-order valence-corrected chi connectivity index (χ0v) is 11.1. The van der Waals surface area contributed by atoms with Crippen LogP contribution in [-0.2, 0) is 14.3 Å². The van der Waals surface area contributed by atoms with Crippen LogP contribution >= 0.6 is 0 Å². The molecule has 0 fully saturated rings. The third-order valence-electron chi connectivity index (χ3n) is 3.87. The SMILES string of the molecule is COC(=O)C1C(CC=O)C(C)=CC[C@@H]1C(C)C. The molecular weight excluding hydrogens is 216 g/mol. The van der Waals surface area contributed by atoms with E-state index in [9.17, 15) is 9.59 Å². The van der Waals surface area contributed by atoms with Gasteiger partial charge in [-0.15, -0.1) is 0 Å². The molecule has 1 rings (SSSR count). The Bertz CT molecular complexity index is 317. The van der Waals surface area contributed by atoms with E-state index in [0.717, 1.165) is 18.3 Å². The minimum Gasteiger partial charge on any atom is -0.469 e. The number of esters is 1. The number of rotatable bonds is 4. The molecular formula is C14H22O3. The summed E-state index contributed by atoms with van der Waals surface area (Å²) in [5.41, 5.74) is 1.14. The molecule has 0 saturated heterocycles. The molecule has 0 amide bonds. The fourth-order valence-corrected chi connectivity index (χ4v) is 2.80. The van der Waals surface area contributed by atoms with E-state index in [1.165, 1.54) is 7.11 Å². The smallest absolute Gasteiger partial charge is 0.309 e. The summed E-state index contributed by atoms with van der Waals surface area (Å²) in [7, 11) is 1.42. The molecule has 3 heteroatoms. The second-order valence-corrected chi connectivity index (χ2v) is 5.15. The topological polar surface area (TPSA) is 43.4 Å². The number of hydrogen-bond donors (Lipinski definition) is 0. The number of ether oxygens (including phenoxy) is 1. The molecule has 0 N–H and O–H groups in total. The number of aldehydes is 1. The predicted octanol–water partition coefficient (Wildman–Crippen LogP) is 2.60. The van der Waals surface area contributed by atoms with Gasteiger partial charge < -0.3 is 9.53 Å². The summed E-state index contributed by atoms with van der Waals surface area (Å²) in [6, 6.07) is 0. The molecule has 3 nitrogen and oxygen atoms in total. The zero-order chi connectivity index (χ0) is 13.0. The van der Waals surface area contributed by atoms with Crippen molar-refractivity contribution in [1.29, 1.82) is 0 Å². The summed E-state index contributed by atoms with van der Waals surface area (Å²) >= 11 is 0. The molecule has 0 radical (unpaired) electrons. The maximum Gasteiger partial charge on any atom is 0.309 e. The minimum absolute atomic E-state index is 0.0149. The Kier molecular flexibility index (Phi) is 4.91. The Labute approximate surface area is 103 Å². The lowest BCUT2D eigenvalue weighted by Crippen LogP contribution is -2.37. The predicted molar refractivity (Wildman–Crippen MR) is 66.4 cm³/mol. The van der Waals surface area contributed by atoms with Crippen LogP contribution in [0.4, 0.5) is 0 Å². The second kappa shape index (κ2) is 5.99. The lowest BCUT2D eigenvalue weighted by Gasteiger charge is -2.37. The summed E-state index contributed by atoms with van der Waals surface area (Å²) in [5.74, 6) is 0.355. The van der Waals surface area contributed by atoms with Crippen LogP contribution in [0.1, 0.15) is 33.6 Å². The second-order valence-electron chi connectivity index (χ2n) is 5.15. The van der Waals surface area contributed by atoms with Crippen molar-refractivity contribution in [2.24, 2.45) is 23.7 Å². The van der Waals surface area contributed by atoms with E-state index in [1.54, 1.807) is 0 Å². The standard InChI is InChI=1S/C14H22O3/c1-9(2)11-6-5-10(3)12(7-8-15)13(11)14(16)17-4/h5,8-9,11-13H,6-7H2,1-4H3/t11-,12?,13?/m1/s1. The molecule has 17 heavy (non-hydrogen) atoms. The summed E-state index contributed by atoms with van der Waals surface area (Å²) in [5, 5.41) is 0. The van der Waals surface area contributed by atoms with Gasteiger partial charge >= 0.3 is 5.97 Å². The Hall–Kier alpha value is -1.12. The Morgan fingerprint density at radius 3 is 2.71 bits per heavy atom. The fourth-order valence-electron chi connectivity index (χ4n) is 2.80. The highest BCUT2D eigenvalue weighted by atomic mass is 16.5. The van der Waals surface area contributed by atoms with Crippen molar-refractivity contribution in [2.45, 2.75) is 33.6 Å². The van der Waals surface area contributed by atoms with Gasteiger partial charge in [0.1, 0.15) is 6.29 Å². The highest BCUT2D eigenvalue weighted by Crippen LogP contribution is 2.40. The van der Waals surface area contributed by atoms with Crippen LogP contribution in [0.25, 0.3) is 0 Å². The molecule has 0 heterocycles. The largest absolute Gasteiger partial charge is 0.469 e. The number of carbonyl (C=O) groups is 2. The maximum atomic E-state index is 11.9. The first-order valence-electron chi connectivity index (χ1n) is 6.21. The molecule has 1 aliphatic carbocycles. The van der Waals surface area contributed by atoms with Gasteiger partial charge in [0.25, 0.3) is 0 Å². The molecule has 0 aromatic rings. The van der Waals surface area contributed by atoms with Gasteiger partial charge in [-0.2, -0.15) is 0 Å². The first kappa shape index (κ1) is 13.9. The monoisotopic (exact) mass is 238 g/mol. The maximum absolute atomic E-state index is 11.9. The summed E-state index contributed by atoms with van der Waals surface area (Å²) < 4.78 is 4.91. The highest BCUT2D eigenvalue weighted by Gasteiger charge is 2.40. The van der Waals surface area contributed by atoms with E-state index in [2.05, 4.69) is 19.9 Å². The van der Waals surface area contributed by atoms with Crippen molar-refractivity contribution in [2.75, 3.05) is 7.11 Å². The fraction of sp³-hybridized carbons (Fsp3) is 0.714. The Balaban J connectivity index is 3.04. The summed E-state index contributed by atoms with van der Waals surface area (Å²) in [6.07, 6.45) is 4.38. The minimum atomic E-state index is -0.178. The molecule has 3 atom stereocenters. The molecule has 0 spiro atoms. The van der Waals surface area contributed by atoms with E-state index in [0.29, 0.717) is 12.3 Å². The third-order valence-corrected chi connectivity index (χ3v) is 3.87. The van der Waals surface area contributed by atoms with Crippen molar-refractivity contribution < 1.29 is 14.3 Å². The van der Waals surface area contributed by atoms with E-state index in [-0.39, 0.29) is 23.7 Å². The Morgan fingerprint density at radius 1 is 1.59 bits per heavy atom. The van der Waals surface area contributed by atoms with Crippen LogP contribution in [-0.4, -0.2) is 19.4 Å². The van der Waals surface area contributed by atoms with E-state index in [1.807, 2.05) is 6.92 Å². The molecule has 0 aromatic heterocycles. The molecule has 0 bridgehead atoms. The summed E-state index contributed by atoms with van der Waals surface area (Å²) in [4.78, 5) is 22.7. The molecule has 1 aliphatic rings. The average Bonchev–Trinajstić information content (AvgIpc) is 2.30. The molecule has 2 unspecified atom stereocenters. The van der Waals surface area contributed by atoms with Crippen LogP contribution < -0.4 is 0 Å². The van der Waals surface area contributed by atoms with Gasteiger partial charge in [0.2, 0.25) is 0 Å². The van der Waals surface area contributed by atoms with Crippen molar-refractivity contribution in [3.63, 3.8) is 0 Å². The molecule has 96 valence electrons. The van der Waals surface area contributed by atoms with E-state index < -0.39 is 0 Å². The summed E-state index contributed by atoms with van der Waals surface area (Å²) in [6.45, 7) is 6.24. The van der Waals surface area contributed by atoms with Crippen LogP contribution in [0.15, 0.2) is 11.6 Å². The van der Waals surface area contributed by atoms with Gasteiger partial charge in [-0.1, -0.05) is 25.5 Å². The number of methoxy groups -OCH3 is 1. The van der Waals surface area contributed by atoms with Gasteiger partial charge in [0.15, 0.2) is 0 Å². The average molecular weight is 238 g/mol. The molecule has 0 saturated carbocycles. The van der Waals surface area contributed by atoms with Gasteiger partial charge in [-0.3, -0.25) is 4.79 Å². The van der Waals surface area contributed by atoms with Crippen molar-refractivity contribution >= 4 is 12.3 Å². The van der Waals surface area contributed by atoms with Gasteiger partial charge in [-0.05, 0) is 31.1 Å². The Morgan fingerprint density at radius 2 is 2.24 bits per heavy atom. The number of allylic oxidation sites excluding steroid dienone is 2. The first-order valence-corrected chi connectivity index (χ1v) is 6.21. The molecule has 0 aromatic carbocycles. The van der Waals surface area contributed by atoms with E-state index in [4.69, 9.17) is 4.74 Å². The number of hydrogen-bond acceptors (Lipinski definition) is 3. The normalized spacial score (nSPS) is 28.8. The number of carbonyl (C=O) groups excluding carboxylic acids is 2. The van der Waals surface area contributed by atoms with Crippen molar-refractivity contribution in [1.82, 2.24) is 0 Å². The third kappa shape index (κ3) is 2.96. The lowest BCUT2D eigenvalue weighted by molar-refractivity contribution is -0.150. The zero-order valence-electron chi connectivity index (χ0n) is 11.1. The van der Waals surface area contributed by atoms with Crippen LogP contribution in [0.5, 0.6) is 0 Å². The van der Waals surface area contributed by atoms with Crippen molar-refractivity contribution in [3.8, 4) is 0 Å². The van der Waals surface area contributed by atoms with Gasteiger partial charge in [-0.25, -0.2) is 0 Å². The van der Waals surface area contributed by atoms with Crippen LogP contribution in [0.2, 0.25) is 0 Å². The van der Waals surface area contributed by atoms with Gasteiger partial charge in [0, 0.05) is 6.42 Å². The first-order chi connectivity index (χ1) is 8.02. The lowest BCUT2D eigenvalue weighted by atomic mass is 9.67. The van der Waals surface area contributed by atoms with Crippen LogP contribution in [0, 0.1) is 23.7 Å². The van der Waals surface area contributed by atoms with Crippen molar-refractivity contribution in [3.05, 3.63) is 11.6 Å². The van der Waals surface area contributed by atoms with E-state index >= 15 is 0 Å². The highest BCUT2D eigenvalue weighted by molar-refractivity contribution is 5.74. The van der Waals surface area contributed by atoms with Gasteiger partial charge in [0.05, 0.1) is 13.0 Å².